The number of benzene rings is 2. The first-order valence-electron chi connectivity index (χ1n) is 6.33. The fourth-order valence-corrected chi connectivity index (χ4v) is 2.06. The first-order chi connectivity index (χ1) is 9.85. The van der Waals surface area contributed by atoms with Crippen molar-refractivity contribution >= 4 is 16.8 Å². The summed E-state index contributed by atoms with van der Waals surface area (Å²) in [4.78, 5) is 7.19. The third-order valence-corrected chi connectivity index (χ3v) is 3.06. The molecule has 0 bridgehead atoms. The predicted molar refractivity (Wildman–Crippen MR) is 76.7 cm³/mol. The van der Waals surface area contributed by atoms with Gasteiger partial charge in [-0.1, -0.05) is 41.5 Å². The van der Waals surface area contributed by atoms with Crippen molar-refractivity contribution in [1.82, 2.24) is 4.98 Å². The molecule has 3 rings (SSSR count). The molecule has 0 unspecified atom stereocenters. The number of nitrogens with zero attached hydrogens (tertiary/aromatic N) is 4. The molecule has 0 saturated carbocycles. The first-order valence-corrected chi connectivity index (χ1v) is 6.33. The van der Waals surface area contributed by atoms with Gasteiger partial charge in [0.15, 0.2) is 11.5 Å². The lowest BCUT2D eigenvalue weighted by Gasteiger charge is -1.99. The summed E-state index contributed by atoms with van der Waals surface area (Å²) in [5.41, 5.74) is 11.8. The minimum Gasteiger partial charge on any atom is -0.441 e. The summed E-state index contributed by atoms with van der Waals surface area (Å²) in [7, 11) is 0. The Bertz CT molecular complexity index is 737. The fourth-order valence-electron chi connectivity index (χ4n) is 2.06. The van der Waals surface area contributed by atoms with E-state index in [1.807, 2.05) is 36.4 Å². The minimum absolute atomic E-state index is 0.623. The third kappa shape index (κ3) is 2.63. The molecule has 0 aliphatic heterocycles. The summed E-state index contributed by atoms with van der Waals surface area (Å²) < 4.78 is 5.67. The third-order valence-electron chi connectivity index (χ3n) is 3.06. The van der Waals surface area contributed by atoms with E-state index in [1.165, 1.54) is 0 Å². The lowest BCUT2D eigenvalue weighted by molar-refractivity contribution is 0.528. The molecule has 0 saturated heterocycles. The van der Waals surface area contributed by atoms with E-state index >= 15 is 0 Å². The zero-order chi connectivity index (χ0) is 13.8. The monoisotopic (exact) mass is 264 g/mol. The Morgan fingerprint density at radius 2 is 1.85 bits per heavy atom. The van der Waals surface area contributed by atoms with E-state index in [4.69, 9.17) is 9.95 Å². The molecular formula is C15H12N4O. The molecule has 5 nitrogen and oxygen atoms in total. The standard InChI is InChI=1S/C15H12N4O/c16-19-18-12-8-5-11(6-9-12)7-10-15-17-13-3-1-2-4-14(13)20-15/h1-6,8-9H,7,10H2. The number of aryl methyl sites for hydroxylation is 2. The molecule has 5 heteroatoms. The maximum atomic E-state index is 8.35. The van der Waals surface area contributed by atoms with Crippen LogP contribution in [0.1, 0.15) is 11.5 Å². The molecule has 0 aliphatic rings. The van der Waals surface area contributed by atoms with Gasteiger partial charge < -0.3 is 4.42 Å². The van der Waals surface area contributed by atoms with E-state index in [1.54, 1.807) is 12.1 Å². The van der Waals surface area contributed by atoms with E-state index in [-0.39, 0.29) is 0 Å². The molecule has 0 radical (unpaired) electrons. The zero-order valence-corrected chi connectivity index (χ0v) is 10.7. The Kier molecular flexibility index (Phi) is 3.35. The van der Waals surface area contributed by atoms with Crippen molar-refractivity contribution in [1.29, 1.82) is 0 Å². The molecule has 0 spiro atoms. The highest BCUT2D eigenvalue weighted by molar-refractivity contribution is 5.72. The SMILES string of the molecule is [N-]=[N+]=Nc1ccc(CCc2nc3ccccc3o2)cc1. The van der Waals surface area contributed by atoms with Gasteiger partial charge in [0, 0.05) is 17.0 Å². The molecule has 0 aliphatic carbocycles. The van der Waals surface area contributed by atoms with Gasteiger partial charge >= 0.3 is 0 Å². The average Bonchev–Trinajstić information content (AvgIpc) is 2.90. The fraction of sp³-hybridized carbons (Fsp3) is 0.133. The van der Waals surface area contributed by atoms with E-state index in [2.05, 4.69) is 15.0 Å². The quantitative estimate of drug-likeness (QED) is 0.393. The normalized spacial score (nSPS) is 10.4. The molecule has 0 amide bonds. The molecule has 0 fully saturated rings. The predicted octanol–water partition coefficient (Wildman–Crippen LogP) is 4.55. The van der Waals surface area contributed by atoms with Gasteiger partial charge in [-0.25, -0.2) is 4.98 Å². The second kappa shape index (κ2) is 5.47. The van der Waals surface area contributed by atoms with Crippen LogP contribution in [0.3, 0.4) is 0 Å². The van der Waals surface area contributed by atoms with Gasteiger partial charge in [-0.3, -0.25) is 0 Å². The van der Waals surface area contributed by atoms with Crippen molar-refractivity contribution in [3.05, 3.63) is 70.4 Å². The molecule has 20 heavy (non-hydrogen) atoms. The molecular weight excluding hydrogens is 252 g/mol. The second-order valence-corrected chi connectivity index (χ2v) is 4.43. The number of para-hydroxylation sites is 2. The Hall–Kier alpha value is -2.78. The molecule has 1 aromatic heterocycles. The number of rotatable bonds is 4. The molecule has 0 N–H and O–H groups in total. The van der Waals surface area contributed by atoms with Gasteiger partial charge in [-0.15, -0.1) is 0 Å². The minimum atomic E-state index is 0.623. The van der Waals surface area contributed by atoms with Gasteiger partial charge in [0.05, 0.1) is 0 Å². The highest BCUT2D eigenvalue weighted by atomic mass is 16.3. The van der Waals surface area contributed by atoms with Gasteiger partial charge in [0.1, 0.15) is 5.52 Å². The Morgan fingerprint density at radius 3 is 2.60 bits per heavy atom. The van der Waals surface area contributed by atoms with Crippen LogP contribution < -0.4 is 0 Å². The van der Waals surface area contributed by atoms with Crippen molar-refractivity contribution < 1.29 is 4.42 Å². The summed E-state index contributed by atoms with van der Waals surface area (Å²) in [5, 5.41) is 3.54. The van der Waals surface area contributed by atoms with Crippen molar-refractivity contribution in [3.63, 3.8) is 0 Å². The van der Waals surface area contributed by atoms with Crippen LogP contribution in [-0.4, -0.2) is 4.98 Å². The van der Waals surface area contributed by atoms with Crippen LogP contribution in [0, 0.1) is 0 Å². The van der Waals surface area contributed by atoms with Crippen molar-refractivity contribution in [2.75, 3.05) is 0 Å². The van der Waals surface area contributed by atoms with Crippen LogP contribution in [0.4, 0.5) is 5.69 Å². The summed E-state index contributed by atoms with van der Waals surface area (Å²) in [6, 6.07) is 15.3. The van der Waals surface area contributed by atoms with Crippen LogP contribution in [-0.2, 0) is 12.8 Å². The van der Waals surface area contributed by atoms with E-state index in [0.29, 0.717) is 5.69 Å². The van der Waals surface area contributed by atoms with Crippen LogP contribution in [0.2, 0.25) is 0 Å². The number of azide groups is 1. The highest BCUT2D eigenvalue weighted by Gasteiger charge is 2.05. The van der Waals surface area contributed by atoms with Crippen molar-refractivity contribution in [2.45, 2.75) is 12.8 Å². The average molecular weight is 264 g/mol. The molecule has 2 aromatic carbocycles. The van der Waals surface area contributed by atoms with Gasteiger partial charge in [-0.2, -0.15) is 0 Å². The topological polar surface area (TPSA) is 74.8 Å². The Morgan fingerprint density at radius 1 is 1.05 bits per heavy atom. The van der Waals surface area contributed by atoms with Gasteiger partial charge in [0.25, 0.3) is 0 Å². The number of oxazole rings is 1. The summed E-state index contributed by atoms with van der Waals surface area (Å²) in [6.07, 6.45) is 1.58. The molecule has 3 aromatic rings. The summed E-state index contributed by atoms with van der Waals surface area (Å²) >= 11 is 0. The van der Waals surface area contributed by atoms with Crippen LogP contribution in [0.25, 0.3) is 21.5 Å². The van der Waals surface area contributed by atoms with Crippen molar-refractivity contribution in [2.24, 2.45) is 5.11 Å². The first kappa shape index (κ1) is 12.3. The van der Waals surface area contributed by atoms with Crippen LogP contribution in [0.5, 0.6) is 0 Å². The van der Waals surface area contributed by atoms with Crippen LogP contribution >= 0.6 is 0 Å². The van der Waals surface area contributed by atoms with Crippen LogP contribution in [0.15, 0.2) is 58.1 Å². The number of hydrogen-bond donors (Lipinski definition) is 0. The molecule has 1 heterocycles. The van der Waals surface area contributed by atoms with E-state index in [0.717, 1.165) is 35.4 Å². The lowest BCUT2D eigenvalue weighted by Crippen LogP contribution is -1.90. The molecule has 98 valence electrons. The molecule has 0 atom stereocenters. The lowest BCUT2D eigenvalue weighted by atomic mass is 10.1. The maximum Gasteiger partial charge on any atom is 0.195 e. The maximum absolute atomic E-state index is 8.35. The number of aromatic nitrogens is 1. The largest absolute Gasteiger partial charge is 0.441 e. The smallest absolute Gasteiger partial charge is 0.195 e. The van der Waals surface area contributed by atoms with Gasteiger partial charge in [-0.05, 0) is 29.6 Å². The van der Waals surface area contributed by atoms with Crippen molar-refractivity contribution in [3.8, 4) is 0 Å². The van der Waals surface area contributed by atoms with E-state index in [9.17, 15) is 0 Å². The Balaban J connectivity index is 1.70. The number of hydrogen-bond acceptors (Lipinski definition) is 3. The number of fused-ring (bicyclic) bond motifs is 1. The van der Waals surface area contributed by atoms with Gasteiger partial charge in [0.2, 0.25) is 0 Å². The summed E-state index contributed by atoms with van der Waals surface area (Å²) in [6.45, 7) is 0. The Labute approximate surface area is 115 Å². The van der Waals surface area contributed by atoms with E-state index < -0.39 is 0 Å². The zero-order valence-electron chi connectivity index (χ0n) is 10.7. The summed E-state index contributed by atoms with van der Waals surface area (Å²) in [5.74, 6) is 0.741. The highest BCUT2D eigenvalue weighted by Crippen LogP contribution is 2.17. The second-order valence-electron chi connectivity index (χ2n) is 4.43.